The zero-order valence-corrected chi connectivity index (χ0v) is 20.3. The molecule has 0 bridgehead atoms. The topological polar surface area (TPSA) is 76.5 Å². The largest absolute Gasteiger partial charge is 1.00 e. The van der Waals surface area contributed by atoms with Gasteiger partial charge in [0.2, 0.25) is 0 Å². The van der Waals surface area contributed by atoms with Gasteiger partial charge in [0, 0.05) is 70.6 Å². The van der Waals surface area contributed by atoms with Crippen LogP contribution in [-0.4, -0.2) is 98.1 Å². The number of hydrogen-bond acceptors (Lipinski definition) is 4. The number of carbonyl (C=O) groups is 2. The van der Waals surface area contributed by atoms with Crippen molar-refractivity contribution in [2.75, 3.05) is 18.4 Å². The Labute approximate surface area is 223 Å². The van der Waals surface area contributed by atoms with E-state index in [1.165, 1.54) is 17.0 Å². The summed E-state index contributed by atoms with van der Waals surface area (Å²) in [6, 6.07) is 2.75. The van der Waals surface area contributed by atoms with E-state index in [4.69, 9.17) is 16.3 Å². The van der Waals surface area contributed by atoms with Gasteiger partial charge in [0.05, 0.1) is 34.6 Å². The number of nitrogens with one attached hydrogen (secondary N) is 1. The fourth-order valence-electron chi connectivity index (χ4n) is 3.92. The summed E-state index contributed by atoms with van der Waals surface area (Å²) in [5, 5.41) is 5.85. The van der Waals surface area contributed by atoms with Gasteiger partial charge in [-0.3, -0.25) is 14.8 Å². The van der Waals surface area contributed by atoms with Crippen LogP contribution in [0.25, 0.3) is 0 Å². The molecule has 31 heavy (non-hydrogen) atoms. The van der Waals surface area contributed by atoms with Gasteiger partial charge in [-0.05, 0) is 25.0 Å². The van der Waals surface area contributed by atoms with Crippen molar-refractivity contribution in [3.05, 3.63) is 46.5 Å². The quantitative estimate of drug-likeness (QED) is 0.533. The van der Waals surface area contributed by atoms with Gasteiger partial charge >= 0.3 is 14.5 Å². The van der Waals surface area contributed by atoms with Gasteiger partial charge in [0.25, 0.3) is 5.91 Å². The van der Waals surface area contributed by atoms with Crippen LogP contribution in [0.4, 0.5) is 27.8 Å². The van der Waals surface area contributed by atoms with E-state index in [1.54, 1.807) is 0 Å². The van der Waals surface area contributed by atoms with Crippen LogP contribution in [0.3, 0.4) is 0 Å². The minimum atomic E-state index is -5.12. The van der Waals surface area contributed by atoms with Crippen molar-refractivity contribution in [2.24, 2.45) is 0 Å². The van der Waals surface area contributed by atoms with E-state index in [0.717, 1.165) is 12.4 Å². The number of hydrogen-bond donors (Lipinski definition) is 1. The number of ether oxygens (including phenoxy) is 1. The second kappa shape index (κ2) is 9.02. The smallest absolute Gasteiger partial charge is 0.448 e. The molecule has 0 aliphatic carbocycles. The Kier molecular flexibility index (Phi) is 7.14. The number of fused-ring (bicyclic) bond motifs is 2. The molecule has 1 atom stereocenters. The normalized spacial score (nSPS) is 20.5. The van der Waals surface area contributed by atoms with Gasteiger partial charge < -0.3 is 22.6 Å². The molecular weight excluding hydrogens is 470 g/mol. The summed E-state index contributed by atoms with van der Waals surface area (Å²) in [5.41, 5.74) is -1.25. The van der Waals surface area contributed by atoms with Gasteiger partial charge in [-0.1, -0.05) is 11.6 Å². The molecule has 1 aromatic heterocycles. The molecule has 1 fully saturated rings. The number of carbonyl (C=O) groups excluding carboxylic acids is 2. The van der Waals surface area contributed by atoms with Crippen molar-refractivity contribution in [2.45, 2.75) is 24.9 Å². The number of benzene rings is 1. The van der Waals surface area contributed by atoms with Crippen LogP contribution in [-0.2, 0) is 16.8 Å². The van der Waals surface area contributed by atoms with E-state index in [2.05, 4.69) is 10.4 Å². The number of nitrogens with zero attached hydrogens (tertiary/aromatic N) is 3. The van der Waals surface area contributed by atoms with Crippen molar-refractivity contribution in [3.8, 4) is 0 Å². The summed E-state index contributed by atoms with van der Waals surface area (Å²) in [5.74, 6) is -1.35. The number of anilines is 1. The van der Waals surface area contributed by atoms with Crippen LogP contribution in [0.1, 0.15) is 30.2 Å². The fourth-order valence-corrected chi connectivity index (χ4v) is 4.07. The Bertz CT molecular complexity index is 1040. The van der Waals surface area contributed by atoms with Crippen LogP contribution in [0.5, 0.6) is 0 Å². The summed E-state index contributed by atoms with van der Waals surface area (Å²) >= 11 is 5.91. The maximum Gasteiger partial charge on any atom is 1.00 e. The molecule has 161 valence electrons. The first-order valence-corrected chi connectivity index (χ1v) is 9.47. The van der Waals surface area contributed by atoms with Gasteiger partial charge in [-0.15, -0.1) is 0 Å². The SMILES string of the molecule is O=C1Nc2ccc(Cl)c(F)c2[C@@]2(CCCN(C(=O)c3cnn(C[B-](F)(F)F)c3)C2)O1.[H+].[K]. The number of aromatic nitrogens is 2. The first-order valence-electron chi connectivity index (χ1n) is 9.09. The van der Waals surface area contributed by atoms with Gasteiger partial charge in [-0.2, -0.15) is 5.10 Å². The van der Waals surface area contributed by atoms with Crippen LogP contribution in [0.2, 0.25) is 5.02 Å². The molecule has 3 heterocycles. The number of halogens is 5. The second-order valence-corrected chi connectivity index (χ2v) is 7.69. The molecule has 1 aromatic carbocycles. The summed E-state index contributed by atoms with van der Waals surface area (Å²) in [6.45, 7) is -5.02. The number of amides is 2. The van der Waals surface area contributed by atoms with Gasteiger partial charge in [0.1, 0.15) is 0 Å². The molecule has 2 aliphatic heterocycles. The van der Waals surface area contributed by atoms with E-state index in [-0.39, 0.29) is 94.2 Å². The number of rotatable bonds is 3. The third-order valence-corrected chi connectivity index (χ3v) is 5.38. The van der Waals surface area contributed by atoms with Gasteiger partial charge in [-0.25, -0.2) is 9.18 Å². The van der Waals surface area contributed by atoms with Crippen molar-refractivity contribution in [1.29, 1.82) is 0 Å². The molecule has 0 unspecified atom stereocenters. The average molecular weight is 486 g/mol. The molecule has 1 saturated heterocycles. The Morgan fingerprint density at radius 1 is 1.39 bits per heavy atom. The summed E-state index contributed by atoms with van der Waals surface area (Å²) in [7, 11) is 0. The molecule has 1 radical (unpaired) electrons. The van der Waals surface area contributed by atoms with E-state index >= 15 is 0 Å². The van der Waals surface area contributed by atoms with E-state index in [1.807, 2.05) is 0 Å². The fraction of sp³-hybridized carbons (Fsp3) is 0.353. The second-order valence-electron chi connectivity index (χ2n) is 7.28. The standard InChI is InChI=1S/C17H15BClF4N4O3.K/c19-11-2-3-12-13(14(11)20)17(30-16(29)25-12)4-1-5-26(8-17)15(28)10-6-24-27(7-10)9-18(21,22)23;/h2-3,6-7H,1,4-5,8-9H2,(H,25,29);/q-1;/p+1/t17-;/m0./s1. The Balaban J connectivity index is 0.00000181. The van der Waals surface area contributed by atoms with E-state index in [0.29, 0.717) is 11.1 Å². The predicted molar refractivity (Wildman–Crippen MR) is 107 cm³/mol. The van der Waals surface area contributed by atoms with Crippen LogP contribution < -0.4 is 5.32 Å². The van der Waals surface area contributed by atoms with Crippen molar-refractivity contribution >= 4 is 87.7 Å². The molecule has 0 saturated carbocycles. The van der Waals surface area contributed by atoms with Crippen molar-refractivity contribution in [1.82, 2.24) is 14.7 Å². The number of piperidine rings is 1. The molecule has 1 spiro atoms. The Morgan fingerprint density at radius 2 is 2.13 bits per heavy atom. The van der Waals surface area contributed by atoms with Crippen molar-refractivity contribution < 1.29 is 33.1 Å². The first-order chi connectivity index (χ1) is 14.1. The summed E-state index contributed by atoms with van der Waals surface area (Å²) in [4.78, 5) is 26.3. The van der Waals surface area contributed by atoms with Crippen LogP contribution in [0.15, 0.2) is 24.5 Å². The van der Waals surface area contributed by atoms with Crippen LogP contribution >= 0.6 is 11.6 Å². The molecule has 14 heteroatoms. The molecule has 4 rings (SSSR count). The third-order valence-electron chi connectivity index (χ3n) is 5.09. The Morgan fingerprint density at radius 3 is 2.84 bits per heavy atom. The monoisotopic (exact) mass is 485 g/mol. The summed E-state index contributed by atoms with van der Waals surface area (Å²) in [6.07, 6.45) is 0.634. The summed E-state index contributed by atoms with van der Waals surface area (Å²) < 4.78 is 58.8. The molecule has 2 amide bonds. The molecule has 2 aliphatic rings. The number of likely N-dealkylation sites (tertiary alicyclic amines) is 1. The minimum absolute atomic E-state index is 0. The van der Waals surface area contributed by atoms with E-state index < -0.39 is 36.8 Å². The molecular formula is C17H16BClF4KN4O3. The maximum absolute atomic E-state index is 14.9. The zero-order valence-electron chi connectivity index (χ0n) is 17.4. The first kappa shape index (κ1) is 24.5. The average Bonchev–Trinajstić information content (AvgIpc) is 3.10. The maximum atomic E-state index is 14.9. The molecule has 2 aromatic rings. The van der Waals surface area contributed by atoms with Crippen LogP contribution in [0, 0.1) is 5.82 Å². The molecule has 1 N–H and O–H groups in total. The van der Waals surface area contributed by atoms with Crippen molar-refractivity contribution in [3.63, 3.8) is 0 Å². The minimum Gasteiger partial charge on any atom is -0.448 e. The molecule has 7 nitrogen and oxygen atoms in total. The third kappa shape index (κ3) is 4.96. The zero-order chi connectivity index (χ0) is 21.7. The van der Waals surface area contributed by atoms with Gasteiger partial charge in [0.15, 0.2) is 11.4 Å². The van der Waals surface area contributed by atoms with E-state index in [9.17, 15) is 26.9 Å². The Hall–Kier alpha value is -1.12. The predicted octanol–water partition coefficient (Wildman–Crippen LogP) is 3.49.